The molecule has 1 aliphatic rings. The van der Waals surface area contributed by atoms with Crippen LogP contribution in [0.1, 0.15) is 44.2 Å². The van der Waals surface area contributed by atoms with E-state index in [4.69, 9.17) is 17.3 Å². The van der Waals surface area contributed by atoms with Crippen LogP contribution in [0.4, 0.5) is 10.1 Å². The Morgan fingerprint density at radius 1 is 1.17 bits per heavy atom. The van der Waals surface area contributed by atoms with Gasteiger partial charge in [-0.15, -0.1) is 0 Å². The molecule has 36 heavy (non-hydrogen) atoms. The Kier molecular flexibility index (Phi) is 7.66. The van der Waals surface area contributed by atoms with Crippen LogP contribution in [0, 0.1) is 11.7 Å². The van der Waals surface area contributed by atoms with Crippen LogP contribution >= 0.6 is 11.6 Å². The fourth-order valence-corrected chi connectivity index (χ4v) is 4.53. The number of likely N-dealkylation sites (tertiary alicyclic amines) is 1. The van der Waals surface area contributed by atoms with Gasteiger partial charge in [-0.1, -0.05) is 11.6 Å². The molecule has 3 amide bonds. The van der Waals surface area contributed by atoms with Crippen LogP contribution in [0.2, 0.25) is 5.02 Å². The summed E-state index contributed by atoms with van der Waals surface area (Å²) < 4.78 is 14.7. The van der Waals surface area contributed by atoms with Crippen molar-refractivity contribution in [3.8, 4) is 5.69 Å². The molecular weight excluding hydrogens is 487 g/mol. The van der Waals surface area contributed by atoms with Gasteiger partial charge in [0.05, 0.1) is 10.6 Å². The second-order valence-electron chi connectivity index (χ2n) is 8.78. The number of hydrogen-bond acceptors (Lipinski definition) is 5. The number of rotatable bonds is 7. The number of halogens is 2. The molecule has 0 spiro atoms. The summed E-state index contributed by atoms with van der Waals surface area (Å²) in [5.41, 5.74) is 6.51. The van der Waals surface area contributed by atoms with Crippen LogP contribution in [0.15, 0.2) is 48.8 Å². The highest BCUT2D eigenvalue weighted by atomic mass is 35.5. The van der Waals surface area contributed by atoms with Crippen LogP contribution < -0.4 is 16.4 Å². The molecule has 1 atom stereocenters. The van der Waals surface area contributed by atoms with Crippen molar-refractivity contribution in [1.29, 1.82) is 0 Å². The lowest BCUT2D eigenvalue weighted by Crippen LogP contribution is -2.39. The van der Waals surface area contributed by atoms with E-state index >= 15 is 0 Å². The zero-order valence-electron chi connectivity index (χ0n) is 19.6. The number of amides is 3. The van der Waals surface area contributed by atoms with Crippen molar-refractivity contribution >= 4 is 35.0 Å². The molecule has 4 rings (SSSR count). The quantitative estimate of drug-likeness (QED) is 0.449. The molecule has 1 fully saturated rings. The number of primary amides is 1. The topological polar surface area (TPSA) is 122 Å². The summed E-state index contributed by atoms with van der Waals surface area (Å²) in [5, 5.41) is 5.60. The number of benzene rings is 2. The summed E-state index contributed by atoms with van der Waals surface area (Å²) in [6, 6.07) is 10.1. The number of anilines is 1. The van der Waals surface area contributed by atoms with Crippen molar-refractivity contribution in [2.45, 2.75) is 12.8 Å². The second kappa shape index (κ2) is 10.9. The average Bonchev–Trinajstić information content (AvgIpc) is 3.29. The minimum atomic E-state index is -0.809. The summed E-state index contributed by atoms with van der Waals surface area (Å²) in [7, 11) is 2.05. The summed E-state index contributed by atoms with van der Waals surface area (Å²) >= 11 is 5.96. The van der Waals surface area contributed by atoms with Crippen molar-refractivity contribution in [3.05, 3.63) is 76.6 Å². The molecule has 1 aliphatic heterocycles. The average molecular weight is 513 g/mol. The van der Waals surface area contributed by atoms with Crippen LogP contribution in [-0.2, 0) is 0 Å². The van der Waals surface area contributed by atoms with E-state index in [2.05, 4.69) is 27.6 Å². The van der Waals surface area contributed by atoms with Crippen LogP contribution in [0.5, 0.6) is 0 Å². The molecule has 1 aromatic heterocycles. The zero-order chi connectivity index (χ0) is 25.8. The maximum Gasteiger partial charge on any atom is 0.270 e. The van der Waals surface area contributed by atoms with E-state index in [1.54, 1.807) is 24.3 Å². The third kappa shape index (κ3) is 5.72. The van der Waals surface area contributed by atoms with Gasteiger partial charge in [-0.25, -0.2) is 9.37 Å². The van der Waals surface area contributed by atoms with E-state index in [1.165, 1.54) is 17.0 Å². The highest BCUT2D eigenvalue weighted by molar-refractivity contribution is 6.34. The molecule has 1 saturated heterocycles. The summed E-state index contributed by atoms with van der Waals surface area (Å²) in [4.78, 5) is 43.8. The second-order valence-corrected chi connectivity index (χ2v) is 9.19. The predicted octanol–water partition coefficient (Wildman–Crippen LogP) is 3.09. The minimum absolute atomic E-state index is 0.00274. The van der Waals surface area contributed by atoms with Gasteiger partial charge in [0.25, 0.3) is 17.7 Å². The summed E-state index contributed by atoms with van der Waals surface area (Å²) in [5.74, 6) is -1.98. The molecule has 0 radical (unpaired) electrons. The van der Waals surface area contributed by atoms with Gasteiger partial charge in [-0.2, -0.15) is 0 Å². The molecular formula is C25H26ClFN6O3. The van der Waals surface area contributed by atoms with Gasteiger partial charge >= 0.3 is 0 Å². The molecule has 11 heteroatoms. The lowest BCUT2D eigenvalue weighted by molar-refractivity contribution is 0.0915. The van der Waals surface area contributed by atoms with Crippen molar-refractivity contribution in [2.75, 3.05) is 32.0 Å². The lowest BCUT2D eigenvalue weighted by atomic mass is 9.98. The molecule has 2 aromatic carbocycles. The molecule has 188 valence electrons. The third-order valence-electron chi connectivity index (χ3n) is 6.07. The Morgan fingerprint density at radius 3 is 2.58 bits per heavy atom. The van der Waals surface area contributed by atoms with Gasteiger partial charge in [-0.05, 0) is 74.8 Å². The molecule has 9 nitrogen and oxygen atoms in total. The smallest absolute Gasteiger partial charge is 0.270 e. The van der Waals surface area contributed by atoms with Gasteiger partial charge in [0.2, 0.25) is 0 Å². The predicted molar refractivity (Wildman–Crippen MR) is 134 cm³/mol. The fraction of sp³-hybridized carbons (Fsp3) is 0.280. The van der Waals surface area contributed by atoms with Crippen molar-refractivity contribution < 1.29 is 18.8 Å². The monoisotopic (exact) mass is 512 g/mol. The van der Waals surface area contributed by atoms with E-state index < -0.39 is 23.5 Å². The van der Waals surface area contributed by atoms with E-state index in [1.807, 2.05) is 0 Å². The number of nitrogens with two attached hydrogens (primary N) is 1. The van der Waals surface area contributed by atoms with Gasteiger partial charge in [-0.3, -0.25) is 19.0 Å². The third-order valence-corrected chi connectivity index (χ3v) is 6.38. The standard InChI is InChI=1S/C25H26ClFN6O3/c1-32-10-2-3-15(13-32)12-29-25(36)22-21(23(28)34)30-14-33(22)18-7-5-17(6-8-18)31-24(35)19-9-4-16(27)11-20(19)26/h4-9,11,14-15H,2-3,10,12-13H2,1H3,(H2,28,34)(H,29,36)(H,31,35). The molecule has 1 unspecified atom stereocenters. The first-order valence-electron chi connectivity index (χ1n) is 11.4. The first-order chi connectivity index (χ1) is 17.2. The number of carbonyl (C=O) groups is 3. The molecule has 0 aliphatic carbocycles. The number of nitrogens with one attached hydrogen (secondary N) is 2. The first-order valence-corrected chi connectivity index (χ1v) is 11.8. The van der Waals surface area contributed by atoms with Crippen LogP contribution in [-0.4, -0.2) is 58.9 Å². The van der Waals surface area contributed by atoms with E-state index in [0.717, 1.165) is 38.1 Å². The highest BCUT2D eigenvalue weighted by Crippen LogP contribution is 2.21. The minimum Gasteiger partial charge on any atom is -0.364 e. The molecule has 3 aromatic rings. The number of nitrogens with zero attached hydrogens (tertiary/aromatic N) is 3. The Labute approximate surface area is 212 Å². The lowest BCUT2D eigenvalue weighted by Gasteiger charge is -2.29. The summed E-state index contributed by atoms with van der Waals surface area (Å²) in [6.07, 6.45) is 3.44. The van der Waals surface area contributed by atoms with Crippen LogP contribution in [0.25, 0.3) is 5.69 Å². The number of imidazole rings is 1. The molecule has 2 heterocycles. The first kappa shape index (κ1) is 25.3. The fourth-order valence-electron chi connectivity index (χ4n) is 4.28. The normalized spacial score (nSPS) is 15.9. The van der Waals surface area contributed by atoms with Crippen molar-refractivity contribution in [2.24, 2.45) is 11.7 Å². The van der Waals surface area contributed by atoms with Gasteiger partial charge in [0.1, 0.15) is 17.8 Å². The van der Waals surface area contributed by atoms with Crippen molar-refractivity contribution in [3.63, 3.8) is 0 Å². The van der Waals surface area contributed by atoms with Gasteiger partial charge in [0, 0.05) is 24.5 Å². The summed E-state index contributed by atoms with van der Waals surface area (Å²) in [6.45, 7) is 2.40. The van der Waals surface area contributed by atoms with Crippen LogP contribution in [0.3, 0.4) is 0 Å². The Bertz CT molecular complexity index is 1290. The van der Waals surface area contributed by atoms with Crippen molar-refractivity contribution in [1.82, 2.24) is 19.8 Å². The largest absolute Gasteiger partial charge is 0.364 e. The molecule has 0 bridgehead atoms. The number of aromatic nitrogens is 2. The van der Waals surface area contributed by atoms with Gasteiger partial charge in [0.15, 0.2) is 5.69 Å². The Morgan fingerprint density at radius 2 is 1.92 bits per heavy atom. The number of carbonyl (C=O) groups excluding carboxylic acids is 3. The van der Waals surface area contributed by atoms with E-state index in [-0.39, 0.29) is 22.0 Å². The molecule has 0 saturated carbocycles. The molecule has 4 N–H and O–H groups in total. The Balaban J connectivity index is 1.51. The maximum absolute atomic E-state index is 13.3. The van der Waals surface area contributed by atoms with E-state index in [9.17, 15) is 18.8 Å². The SMILES string of the molecule is CN1CCCC(CNC(=O)c2c(C(N)=O)ncn2-c2ccc(NC(=O)c3ccc(F)cc3Cl)cc2)C1. The zero-order valence-corrected chi connectivity index (χ0v) is 20.4. The maximum atomic E-state index is 13.3. The Hall–Kier alpha value is -3.76. The highest BCUT2D eigenvalue weighted by Gasteiger charge is 2.25. The number of hydrogen-bond donors (Lipinski definition) is 3. The van der Waals surface area contributed by atoms with E-state index in [0.29, 0.717) is 23.8 Å². The number of piperidine rings is 1. The van der Waals surface area contributed by atoms with Gasteiger partial charge < -0.3 is 21.3 Å².